The van der Waals surface area contributed by atoms with E-state index in [1.807, 2.05) is 6.34 Å². The second-order valence-electron chi connectivity index (χ2n) is 3.99. The molecule has 0 saturated heterocycles. The molecule has 0 aliphatic carbocycles. The fraction of sp³-hybridized carbons (Fsp3) is 0.900. The lowest BCUT2D eigenvalue weighted by molar-refractivity contribution is 0.300. The molecule has 0 unspecified atom stereocenters. The van der Waals surface area contributed by atoms with Crippen LogP contribution < -0.4 is 0 Å². The molecule has 0 aliphatic heterocycles. The van der Waals surface area contributed by atoms with E-state index in [4.69, 9.17) is 0 Å². The Kier molecular flexibility index (Phi) is 4.95. The molecule has 72 valence electrons. The van der Waals surface area contributed by atoms with E-state index in [9.17, 15) is 0 Å². The average molecular weight is 170 g/mol. The zero-order valence-corrected chi connectivity index (χ0v) is 9.20. The fourth-order valence-corrected chi connectivity index (χ4v) is 1.07. The van der Waals surface area contributed by atoms with Crippen LogP contribution in [0.3, 0.4) is 0 Å². The molecule has 0 aromatic heterocycles. The molecule has 0 fully saturated rings. The lowest BCUT2D eigenvalue weighted by Gasteiger charge is -2.28. The summed E-state index contributed by atoms with van der Waals surface area (Å²) in [6.07, 6.45) is 1.97. The van der Waals surface area contributed by atoms with Crippen LogP contribution in [0.1, 0.15) is 41.5 Å². The first-order chi connectivity index (χ1) is 5.45. The van der Waals surface area contributed by atoms with Gasteiger partial charge in [0.15, 0.2) is 0 Å². The molecule has 0 amide bonds. The van der Waals surface area contributed by atoms with Gasteiger partial charge in [-0.1, -0.05) is 0 Å². The third-order valence-corrected chi connectivity index (χ3v) is 1.69. The maximum atomic E-state index is 4.37. The molecule has 0 heterocycles. The van der Waals surface area contributed by atoms with E-state index >= 15 is 0 Å². The van der Waals surface area contributed by atoms with E-state index in [0.717, 1.165) is 0 Å². The number of aliphatic imine (C=N–C) groups is 1. The summed E-state index contributed by atoms with van der Waals surface area (Å²) in [6, 6.07) is 1.46. The highest BCUT2D eigenvalue weighted by Gasteiger charge is 2.08. The largest absolute Gasteiger partial charge is 0.358 e. The molecule has 0 aromatic carbocycles. The van der Waals surface area contributed by atoms with Gasteiger partial charge in [-0.15, -0.1) is 0 Å². The van der Waals surface area contributed by atoms with Crippen molar-refractivity contribution in [3.63, 3.8) is 0 Å². The van der Waals surface area contributed by atoms with Gasteiger partial charge >= 0.3 is 0 Å². The molecule has 0 aliphatic rings. The summed E-state index contributed by atoms with van der Waals surface area (Å²) in [5.74, 6) is 0. The molecule has 0 spiro atoms. The number of hydrogen-bond donors (Lipinski definition) is 0. The molecule has 0 atom stereocenters. The van der Waals surface area contributed by atoms with Gasteiger partial charge in [-0.3, -0.25) is 4.99 Å². The Morgan fingerprint density at radius 1 is 0.917 bits per heavy atom. The minimum Gasteiger partial charge on any atom is -0.358 e. The molecule has 0 saturated carbocycles. The van der Waals surface area contributed by atoms with Gasteiger partial charge in [-0.05, 0) is 41.5 Å². The summed E-state index contributed by atoms with van der Waals surface area (Å²) >= 11 is 0. The Balaban J connectivity index is 4.14. The van der Waals surface area contributed by atoms with Crippen LogP contribution in [0.5, 0.6) is 0 Å². The molecule has 0 rings (SSSR count). The second kappa shape index (κ2) is 5.18. The summed E-state index contributed by atoms with van der Waals surface area (Å²) in [6.45, 7) is 12.9. The molecule has 2 heteroatoms. The van der Waals surface area contributed by atoms with Crippen molar-refractivity contribution in [1.29, 1.82) is 0 Å². The highest BCUT2D eigenvalue weighted by molar-refractivity contribution is 5.56. The topological polar surface area (TPSA) is 15.6 Å². The van der Waals surface area contributed by atoms with Gasteiger partial charge in [-0.25, -0.2) is 0 Å². The standard InChI is InChI=1S/C10H22N2/c1-8(2)11-7-12(9(3)4)10(5)6/h7-10H,1-6H3. The Hall–Kier alpha value is -0.530. The van der Waals surface area contributed by atoms with Crippen molar-refractivity contribution in [2.24, 2.45) is 4.99 Å². The molecule has 12 heavy (non-hydrogen) atoms. The zero-order valence-electron chi connectivity index (χ0n) is 9.20. The number of hydrogen-bond acceptors (Lipinski definition) is 1. The van der Waals surface area contributed by atoms with E-state index in [-0.39, 0.29) is 0 Å². The van der Waals surface area contributed by atoms with Gasteiger partial charge in [-0.2, -0.15) is 0 Å². The zero-order chi connectivity index (χ0) is 9.72. The molecule has 0 aromatic rings. The third kappa shape index (κ3) is 4.37. The SMILES string of the molecule is CC(C)N=CN(C(C)C)C(C)C. The van der Waals surface area contributed by atoms with E-state index in [1.165, 1.54) is 0 Å². The van der Waals surface area contributed by atoms with Crippen LogP contribution in [0.15, 0.2) is 4.99 Å². The summed E-state index contributed by atoms with van der Waals surface area (Å²) in [5, 5.41) is 0. The number of nitrogens with zero attached hydrogens (tertiary/aromatic N) is 2. The van der Waals surface area contributed by atoms with Crippen LogP contribution in [0.25, 0.3) is 0 Å². The molecule has 2 nitrogen and oxygen atoms in total. The molecule has 0 N–H and O–H groups in total. The maximum absolute atomic E-state index is 4.37. The van der Waals surface area contributed by atoms with Crippen molar-refractivity contribution in [2.75, 3.05) is 0 Å². The Bertz CT molecular complexity index is 129. The summed E-state index contributed by atoms with van der Waals surface area (Å²) in [4.78, 5) is 6.63. The van der Waals surface area contributed by atoms with E-state index in [0.29, 0.717) is 18.1 Å². The predicted octanol–water partition coefficient (Wildman–Crippen LogP) is 2.54. The van der Waals surface area contributed by atoms with Gasteiger partial charge < -0.3 is 4.90 Å². The first-order valence-electron chi connectivity index (χ1n) is 4.76. The molecular formula is C10H22N2. The highest BCUT2D eigenvalue weighted by atomic mass is 15.2. The van der Waals surface area contributed by atoms with Crippen LogP contribution in [0.2, 0.25) is 0 Å². The maximum Gasteiger partial charge on any atom is 0.0857 e. The minimum absolute atomic E-state index is 0.394. The van der Waals surface area contributed by atoms with Crippen molar-refractivity contribution >= 4 is 6.34 Å². The van der Waals surface area contributed by atoms with Gasteiger partial charge in [0, 0.05) is 18.1 Å². The van der Waals surface area contributed by atoms with E-state index in [1.54, 1.807) is 0 Å². The van der Waals surface area contributed by atoms with Crippen molar-refractivity contribution < 1.29 is 0 Å². The van der Waals surface area contributed by atoms with Crippen LogP contribution in [-0.2, 0) is 0 Å². The van der Waals surface area contributed by atoms with Crippen LogP contribution in [-0.4, -0.2) is 29.4 Å². The van der Waals surface area contributed by atoms with Gasteiger partial charge in [0.05, 0.1) is 6.34 Å². The second-order valence-corrected chi connectivity index (χ2v) is 3.99. The third-order valence-electron chi connectivity index (χ3n) is 1.69. The Morgan fingerprint density at radius 3 is 1.58 bits per heavy atom. The van der Waals surface area contributed by atoms with E-state index in [2.05, 4.69) is 51.4 Å². The summed E-state index contributed by atoms with van der Waals surface area (Å²) in [5.41, 5.74) is 0. The first-order valence-corrected chi connectivity index (χ1v) is 4.76. The normalized spacial score (nSPS) is 12.4. The van der Waals surface area contributed by atoms with E-state index < -0.39 is 0 Å². The van der Waals surface area contributed by atoms with Gasteiger partial charge in [0.25, 0.3) is 0 Å². The van der Waals surface area contributed by atoms with Gasteiger partial charge in [0.2, 0.25) is 0 Å². The Labute approximate surface area is 76.7 Å². The monoisotopic (exact) mass is 170 g/mol. The van der Waals surface area contributed by atoms with Gasteiger partial charge in [0.1, 0.15) is 0 Å². The lowest BCUT2D eigenvalue weighted by atomic mass is 10.2. The van der Waals surface area contributed by atoms with Crippen molar-refractivity contribution in [3.05, 3.63) is 0 Å². The smallest absolute Gasteiger partial charge is 0.0857 e. The molecule has 0 radical (unpaired) electrons. The number of rotatable bonds is 4. The predicted molar refractivity (Wildman–Crippen MR) is 55.7 cm³/mol. The average Bonchev–Trinajstić information content (AvgIpc) is 1.84. The minimum atomic E-state index is 0.394. The molecule has 0 bridgehead atoms. The fourth-order valence-electron chi connectivity index (χ4n) is 1.07. The Morgan fingerprint density at radius 2 is 1.33 bits per heavy atom. The first kappa shape index (κ1) is 11.5. The molecular weight excluding hydrogens is 148 g/mol. The van der Waals surface area contributed by atoms with Crippen molar-refractivity contribution in [3.8, 4) is 0 Å². The lowest BCUT2D eigenvalue weighted by Crippen LogP contribution is -2.35. The van der Waals surface area contributed by atoms with Crippen LogP contribution in [0.4, 0.5) is 0 Å². The highest BCUT2D eigenvalue weighted by Crippen LogP contribution is 2.01. The van der Waals surface area contributed by atoms with Crippen molar-refractivity contribution in [2.45, 2.75) is 59.7 Å². The van der Waals surface area contributed by atoms with Crippen LogP contribution >= 0.6 is 0 Å². The van der Waals surface area contributed by atoms with Crippen LogP contribution in [0, 0.1) is 0 Å². The summed E-state index contributed by atoms with van der Waals surface area (Å²) < 4.78 is 0. The summed E-state index contributed by atoms with van der Waals surface area (Å²) in [7, 11) is 0. The van der Waals surface area contributed by atoms with Crippen molar-refractivity contribution in [1.82, 2.24) is 4.90 Å². The quantitative estimate of drug-likeness (QED) is 0.467.